The van der Waals surface area contributed by atoms with Crippen LogP contribution in [0, 0.1) is 12.8 Å². The molecule has 0 radical (unpaired) electrons. The number of fused-ring (bicyclic) bond motifs is 1. The Morgan fingerprint density at radius 2 is 2.16 bits per heavy atom. The van der Waals surface area contributed by atoms with Crippen molar-refractivity contribution in [2.24, 2.45) is 5.92 Å². The maximum atomic E-state index is 12.4. The van der Waals surface area contributed by atoms with Crippen molar-refractivity contribution >= 4 is 34.6 Å². The van der Waals surface area contributed by atoms with Gasteiger partial charge in [0.1, 0.15) is 5.52 Å². The second-order valence-corrected chi connectivity index (χ2v) is 7.06. The number of nitrogens with zero attached hydrogens (tertiary/aromatic N) is 4. The summed E-state index contributed by atoms with van der Waals surface area (Å²) < 4.78 is 9.70. The van der Waals surface area contributed by atoms with E-state index >= 15 is 0 Å². The number of aryl methyl sites for hydroxylation is 1. The van der Waals surface area contributed by atoms with E-state index in [1.165, 1.54) is 11.5 Å². The summed E-state index contributed by atoms with van der Waals surface area (Å²) >= 11 is 1.33. The van der Waals surface area contributed by atoms with Crippen molar-refractivity contribution in [3.63, 3.8) is 0 Å². The second-order valence-electron chi connectivity index (χ2n) is 6.22. The van der Waals surface area contributed by atoms with Gasteiger partial charge in [-0.15, -0.1) is 5.10 Å². The van der Waals surface area contributed by atoms with E-state index in [2.05, 4.69) is 24.8 Å². The third kappa shape index (κ3) is 3.34. The lowest BCUT2D eigenvalue weighted by atomic mass is 9.96. The minimum Gasteiger partial charge on any atom is -0.423 e. The van der Waals surface area contributed by atoms with Crippen LogP contribution in [0.5, 0.6) is 0 Å². The lowest BCUT2D eigenvalue weighted by Gasteiger charge is -2.30. The van der Waals surface area contributed by atoms with Crippen LogP contribution in [0.4, 0.5) is 6.01 Å². The maximum absolute atomic E-state index is 12.4. The number of piperidine rings is 1. The van der Waals surface area contributed by atoms with Crippen molar-refractivity contribution in [2.75, 3.05) is 18.0 Å². The molecule has 1 saturated heterocycles. The summed E-state index contributed by atoms with van der Waals surface area (Å²) in [6.45, 7) is 3.95. The molecule has 1 aliphatic heterocycles. The minimum absolute atomic E-state index is 0.0295. The fourth-order valence-electron chi connectivity index (χ4n) is 3.05. The van der Waals surface area contributed by atoms with Crippen LogP contribution in [0.3, 0.4) is 0 Å². The molecule has 0 aliphatic carbocycles. The van der Waals surface area contributed by atoms with Crippen LogP contribution < -0.4 is 10.2 Å². The summed E-state index contributed by atoms with van der Waals surface area (Å²) in [6, 6.07) is 8.40. The van der Waals surface area contributed by atoms with E-state index in [0.717, 1.165) is 47.6 Å². The molecule has 0 saturated carbocycles. The third-order valence-corrected chi connectivity index (χ3v) is 5.41. The molecule has 0 atom stereocenters. The molecule has 25 heavy (non-hydrogen) atoms. The van der Waals surface area contributed by atoms with Crippen molar-refractivity contribution in [1.82, 2.24) is 19.9 Å². The number of aromatic nitrogens is 3. The Morgan fingerprint density at radius 3 is 2.88 bits per heavy atom. The zero-order chi connectivity index (χ0) is 17.2. The van der Waals surface area contributed by atoms with E-state index in [4.69, 9.17) is 4.42 Å². The Hall–Kier alpha value is -2.48. The molecule has 1 amide bonds. The van der Waals surface area contributed by atoms with Crippen molar-refractivity contribution in [3.8, 4) is 0 Å². The molecule has 130 valence electrons. The predicted molar refractivity (Wildman–Crippen MR) is 95.4 cm³/mol. The number of para-hydroxylation sites is 2. The molecule has 1 fully saturated rings. The van der Waals surface area contributed by atoms with Crippen LogP contribution >= 0.6 is 11.5 Å². The van der Waals surface area contributed by atoms with Gasteiger partial charge in [0, 0.05) is 19.0 Å². The normalized spacial score (nSPS) is 15.6. The summed E-state index contributed by atoms with van der Waals surface area (Å²) in [5.74, 6) is 0.131. The highest BCUT2D eigenvalue weighted by atomic mass is 32.1. The summed E-state index contributed by atoms with van der Waals surface area (Å²) in [5.41, 5.74) is 2.55. The lowest BCUT2D eigenvalue weighted by molar-refractivity contribution is -0.125. The summed E-state index contributed by atoms with van der Waals surface area (Å²) in [7, 11) is 0. The first kappa shape index (κ1) is 16.0. The number of nitrogens with one attached hydrogen (secondary N) is 1. The van der Waals surface area contributed by atoms with Gasteiger partial charge >= 0.3 is 0 Å². The number of anilines is 1. The van der Waals surface area contributed by atoms with Gasteiger partial charge in [-0.2, -0.15) is 4.98 Å². The Morgan fingerprint density at radius 1 is 1.36 bits per heavy atom. The highest BCUT2D eigenvalue weighted by Crippen LogP contribution is 2.26. The number of carbonyl (C=O) groups excluding carboxylic acids is 1. The van der Waals surface area contributed by atoms with Crippen LogP contribution in [0.2, 0.25) is 0 Å². The van der Waals surface area contributed by atoms with Crippen LogP contribution in [0.25, 0.3) is 11.1 Å². The molecule has 8 heteroatoms. The third-order valence-electron chi connectivity index (χ3n) is 4.59. The van der Waals surface area contributed by atoms with Crippen molar-refractivity contribution in [2.45, 2.75) is 26.3 Å². The standard InChI is InChI=1S/C17H19N5O2S/c1-11-15(25-21-20-11)10-18-16(23)12-6-8-22(9-7-12)17-19-13-4-2-3-5-14(13)24-17/h2-5,12H,6-10H2,1H3,(H,18,23). The first-order chi connectivity index (χ1) is 12.2. The Balaban J connectivity index is 1.33. The molecule has 0 bridgehead atoms. The van der Waals surface area contributed by atoms with Gasteiger partial charge < -0.3 is 14.6 Å². The fourth-order valence-corrected chi connectivity index (χ4v) is 3.62. The number of hydrogen-bond acceptors (Lipinski definition) is 7. The van der Waals surface area contributed by atoms with Gasteiger partial charge in [-0.25, -0.2) is 0 Å². The molecular weight excluding hydrogens is 338 g/mol. The zero-order valence-corrected chi connectivity index (χ0v) is 14.8. The van der Waals surface area contributed by atoms with E-state index < -0.39 is 0 Å². The maximum Gasteiger partial charge on any atom is 0.298 e. The molecule has 1 aromatic carbocycles. The monoisotopic (exact) mass is 357 g/mol. The highest BCUT2D eigenvalue weighted by Gasteiger charge is 2.27. The number of carbonyl (C=O) groups is 1. The number of rotatable bonds is 4. The average molecular weight is 357 g/mol. The molecule has 3 heterocycles. The molecule has 0 unspecified atom stereocenters. The number of oxazole rings is 1. The van der Waals surface area contributed by atoms with E-state index in [9.17, 15) is 4.79 Å². The smallest absolute Gasteiger partial charge is 0.298 e. The Kier molecular flexibility index (Phi) is 4.35. The van der Waals surface area contributed by atoms with E-state index in [-0.39, 0.29) is 11.8 Å². The van der Waals surface area contributed by atoms with Gasteiger partial charge in [0.25, 0.3) is 6.01 Å². The molecule has 2 aromatic heterocycles. The van der Waals surface area contributed by atoms with Gasteiger partial charge in [0.05, 0.1) is 17.1 Å². The van der Waals surface area contributed by atoms with Crippen LogP contribution in [-0.2, 0) is 11.3 Å². The van der Waals surface area contributed by atoms with E-state index in [1.807, 2.05) is 31.2 Å². The molecule has 1 N–H and O–H groups in total. The van der Waals surface area contributed by atoms with Crippen molar-refractivity contribution < 1.29 is 9.21 Å². The van der Waals surface area contributed by atoms with E-state index in [0.29, 0.717) is 12.6 Å². The summed E-state index contributed by atoms with van der Waals surface area (Å²) in [4.78, 5) is 20.0. The van der Waals surface area contributed by atoms with Gasteiger partial charge in [0.15, 0.2) is 5.58 Å². The van der Waals surface area contributed by atoms with Crippen molar-refractivity contribution in [3.05, 3.63) is 34.8 Å². The molecule has 1 aliphatic rings. The lowest BCUT2D eigenvalue weighted by Crippen LogP contribution is -2.40. The van der Waals surface area contributed by atoms with Gasteiger partial charge in [-0.3, -0.25) is 4.79 Å². The van der Waals surface area contributed by atoms with Gasteiger partial charge in [-0.05, 0) is 43.4 Å². The average Bonchev–Trinajstić information content (AvgIpc) is 3.25. The minimum atomic E-state index is 0.0295. The van der Waals surface area contributed by atoms with Crippen LogP contribution in [0.1, 0.15) is 23.4 Å². The molecular formula is C17H19N5O2S. The quantitative estimate of drug-likeness (QED) is 0.772. The van der Waals surface area contributed by atoms with Crippen molar-refractivity contribution in [1.29, 1.82) is 0 Å². The molecule has 4 rings (SSSR count). The van der Waals surface area contributed by atoms with Crippen LogP contribution in [0.15, 0.2) is 28.7 Å². The molecule has 0 spiro atoms. The first-order valence-corrected chi connectivity index (χ1v) is 9.14. The summed E-state index contributed by atoms with van der Waals surface area (Å²) in [5, 5.41) is 6.97. The predicted octanol–water partition coefficient (Wildman–Crippen LogP) is 2.52. The van der Waals surface area contributed by atoms with Gasteiger partial charge in [-0.1, -0.05) is 16.6 Å². The SMILES string of the molecule is Cc1nnsc1CNC(=O)C1CCN(c2nc3ccccc3o2)CC1. The second kappa shape index (κ2) is 6.79. The number of benzene rings is 1. The largest absolute Gasteiger partial charge is 0.423 e. The Labute approximate surface area is 149 Å². The van der Waals surface area contributed by atoms with Crippen LogP contribution in [-0.4, -0.2) is 33.6 Å². The summed E-state index contributed by atoms with van der Waals surface area (Å²) in [6.07, 6.45) is 1.59. The number of amides is 1. The zero-order valence-electron chi connectivity index (χ0n) is 13.9. The molecule has 3 aromatic rings. The van der Waals surface area contributed by atoms with E-state index in [1.54, 1.807) is 0 Å². The first-order valence-electron chi connectivity index (χ1n) is 8.37. The topological polar surface area (TPSA) is 84.2 Å². The fraction of sp³-hybridized carbons (Fsp3) is 0.412. The highest BCUT2D eigenvalue weighted by molar-refractivity contribution is 7.05. The molecule has 7 nitrogen and oxygen atoms in total. The van der Waals surface area contributed by atoms with Gasteiger partial charge in [0.2, 0.25) is 5.91 Å². The number of hydrogen-bond donors (Lipinski definition) is 1. The Bertz CT molecular complexity index is 849.